The van der Waals surface area contributed by atoms with E-state index in [0.717, 1.165) is 5.39 Å². The van der Waals surface area contributed by atoms with Crippen molar-refractivity contribution in [3.05, 3.63) is 30.5 Å². The summed E-state index contributed by atoms with van der Waals surface area (Å²) in [5.74, 6) is 0. The summed E-state index contributed by atoms with van der Waals surface area (Å²) in [6, 6.07) is 7.80. The van der Waals surface area contributed by atoms with Gasteiger partial charge in [0, 0.05) is 5.39 Å². The lowest BCUT2D eigenvalue weighted by Gasteiger charge is -1.85. The standard InChI is InChI=1S/C7H4FN2/c8-10-7-4-2-1-3-6(7)5-9-10/h2-5H. The van der Waals surface area contributed by atoms with Crippen molar-refractivity contribution in [2.75, 3.05) is 0 Å². The van der Waals surface area contributed by atoms with Crippen LogP contribution in [-0.2, 0) is 0 Å². The van der Waals surface area contributed by atoms with Crippen LogP contribution in [0.1, 0.15) is 0 Å². The van der Waals surface area contributed by atoms with Gasteiger partial charge < -0.3 is 0 Å². The van der Waals surface area contributed by atoms with Crippen LogP contribution in [0.4, 0.5) is 4.48 Å². The molecule has 1 aromatic carbocycles. The Kier molecular flexibility index (Phi) is 0.974. The molecule has 0 aliphatic heterocycles. The van der Waals surface area contributed by atoms with Gasteiger partial charge in [-0.2, -0.15) is 0 Å². The molecular weight excluding hydrogens is 131 g/mol. The molecule has 1 radical (unpaired) electrons. The summed E-state index contributed by atoms with van der Waals surface area (Å²) in [6.07, 6.45) is 1.46. The van der Waals surface area contributed by atoms with Crippen molar-refractivity contribution < 1.29 is 4.48 Å². The van der Waals surface area contributed by atoms with E-state index in [0.29, 0.717) is 10.4 Å². The topological polar surface area (TPSA) is 17.8 Å². The fourth-order valence-corrected chi connectivity index (χ4v) is 0.882. The summed E-state index contributed by atoms with van der Waals surface area (Å²) in [5.41, 5.74) is 0.485. The largest absolute Gasteiger partial charge is 0.150 e. The van der Waals surface area contributed by atoms with Gasteiger partial charge in [0.1, 0.15) is 5.52 Å². The highest BCUT2D eigenvalue weighted by Crippen LogP contribution is 2.11. The maximum absolute atomic E-state index is 12.5. The van der Waals surface area contributed by atoms with E-state index in [9.17, 15) is 4.48 Å². The van der Waals surface area contributed by atoms with Crippen LogP contribution in [0.15, 0.2) is 24.4 Å². The van der Waals surface area contributed by atoms with Gasteiger partial charge in [0.05, 0.1) is 6.20 Å². The monoisotopic (exact) mass is 135 g/mol. The maximum atomic E-state index is 12.5. The minimum atomic E-state index is 0.350. The number of nitrogens with zero attached hydrogens (tertiary/aromatic N) is 2. The van der Waals surface area contributed by atoms with Crippen molar-refractivity contribution in [3.63, 3.8) is 0 Å². The first-order valence-corrected chi connectivity index (χ1v) is 2.88. The summed E-state index contributed by atoms with van der Waals surface area (Å²) in [4.78, 5) is 0.350. The molecule has 0 fully saturated rings. The van der Waals surface area contributed by atoms with Crippen LogP contribution in [0.3, 0.4) is 0 Å². The Morgan fingerprint density at radius 1 is 1.60 bits per heavy atom. The summed E-state index contributed by atoms with van der Waals surface area (Å²) in [6.45, 7) is 0. The summed E-state index contributed by atoms with van der Waals surface area (Å²) < 4.78 is 12.5. The molecule has 2 aromatic rings. The van der Waals surface area contributed by atoms with Gasteiger partial charge in [0.2, 0.25) is 0 Å². The first kappa shape index (κ1) is 5.41. The Morgan fingerprint density at radius 2 is 2.50 bits per heavy atom. The van der Waals surface area contributed by atoms with Crippen LogP contribution in [0.2, 0.25) is 0 Å². The van der Waals surface area contributed by atoms with Crippen LogP contribution in [0.5, 0.6) is 0 Å². The first-order chi connectivity index (χ1) is 4.88. The molecule has 1 heterocycles. The molecule has 0 spiro atoms. The zero-order valence-electron chi connectivity index (χ0n) is 5.08. The van der Waals surface area contributed by atoms with E-state index < -0.39 is 0 Å². The molecule has 0 amide bonds. The third-order valence-corrected chi connectivity index (χ3v) is 1.37. The van der Waals surface area contributed by atoms with E-state index in [1.807, 2.05) is 0 Å². The van der Waals surface area contributed by atoms with Crippen LogP contribution in [-0.4, -0.2) is 10.0 Å². The van der Waals surface area contributed by atoms with E-state index in [-0.39, 0.29) is 0 Å². The molecule has 0 N–H and O–H groups in total. The van der Waals surface area contributed by atoms with Gasteiger partial charge >= 0.3 is 0 Å². The van der Waals surface area contributed by atoms with Gasteiger partial charge in [0.25, 0.3) is 0 Å². The van der Waals surface area contributed by atoms with Crippen molar-refractivity contribution in [3.8, 4) is 0 Å². The zero-order chi connectivity index (χ0) is 6.97. The lowest BCUT2D eigenvalue weighted by molar-refractivity contribution is 0.332. The van der Waals surface area contributed by atoms with E-state index in [2.05, 4.69) is 11.2 Å². The van der Waals surface area contributed by atoms with Crippen molar-refractivity contribution >= 4 is 10.9 Å². The highest BCUT2D eigenvalue weighted by Gasteiger charge is 1.97. The third kappa shape index (κ3) is 0.603. The second-order valence-corrected chi connectivity index (χ2v) is 1.99. The first-order valence-electron chi connectivity index (χ1n) is 2.88. The number of hydrogen-bond acceptors (Lipinski definition) is 1. The third-order valence-electron chi connectivity index (χ3n) is 1.37. The molecule has 0 aliphatic carbocycles. The van der Waals surface area contributed by atoms with Crippen molar-refractivity contribution in [1.82, 2.24) is 10.0 Å². The number of halogens is 1. The van der Waals surface area contributed by atoms with Crippen molar-refractivity contribution in [2.45, 2.75) is 0 Å². The smallest absolute Gasteiger partial charge is 0.104 e. The molecule has 0 saturated carbocycles. The van der Waals surface area contributed by atoms with Crippen LogP contribution in [0.25, 0.3) is 10.9 Å². The number of benzene rings is 1. The molecular formula is C7H4FN2. The highest BCUT2D eigenvalue weighted by molar-refractivity contribution is 5.77. The van der Waals surface area contributed by atoms with E-state index in [1.54, 1.807) is 18.2 Å². The lowest BCUT2D eigenvalue weighted by Crippen LogP contribution is -1.80. The maximum Gasteiger partial charge on any atom is 0.104 e. The minimum absolute atomic E-state index is 0.350. The van der Waals surface area contributed by atoms with Crippen molar-refractivity contribution in [1.29, 1.82) is 0 Å². The highest BCUT2D eigenvalue weighted by atomic mass is 19.2. The molecule has 49 valence electrons. The van der Waals surface area contributed by atoms with E-state index >= 15 is 0 Å². The van der Waals surface area contributed by atoms with Gasteiger partial charge in [-0.1, -0.05) is 15.5 Å². The second-order valence-electron chi connectivity index (χ2n) is 1.99. The average molecular weight is 135 g/mol. The Bertz CT molecular complexity index is 353. The SMILES string of the molecule is Fn1ncc2c[c]ccc21. The molecule has 1 aromatic heterocycles. The molecule has 3 heteroatoms. The number of fused-ring (bicyclic) bond motifs is 1. The van der Waals surface area contributed by atoms with Gasteiger partial charge in [-0.3, -0.25) is 0 Å². The molecule has 0 unspecified atom stereocenters. The molecule has 10 heavy (non-hydrogen) atoms. The number of rotatable bonds is 0. The van der Waals surface area contributed by atoms with Crippen LogP contribution in [0, 0.1) is 6.07 Å². The molecule has 0 atom stereocenters. The summed E-state index contributed by atoms with van der Waals surface area (Å²) >= 11 is 0. The normalized spacial score (nSPS) is 10.5. The predicted molar refractivity (Wildman–Crippen MR) is 35.1 cm³/mol. The van der Waals surface area contributed by atoms with Gasteiger partial charge in [-0.25, -0.2) is 0 Å². The fraction of sp³-hybridized carbons (Fsp3) is 0. The predicted octanol–water partition coefficient (Wildman–Crippen LogP) is 1.57. The molecule has 0 aliphatic rings. The molecule has 2 nitrogen and oxygen atoms in total. The van der Waals surface area contributed by atoms with E-state index in [1.165, 1.54) is 6.20 Å². The van der Waals surface area contributed by atoms with Crippen molar-refractivity contribution in [2.24, 2.45) is 0 Å². The minimum Gasteiger partial charge on any atom is -0.150 e. The van der Waals surface area contributed by atoms with Gasteiger partial charge in [0.15, 0.2) is 0 Å². The van der Waals surface area contributed by atoms with Gasteiger partial charge in [-0.15, -0.1) is 5.10 Å². The molecule has 0 bridgehead atoms. The fourth-order valence-electron chi connectivity index (χ4n) is 0.882. The lowest BCUT2D eigenvalue weighted by atomic mass is 10.3. The van der Waals surface area contributed by atoms with Crippen LogP contribution >= 0.6 is 0 Å². The Hall–Kier alpha value is -1.38. The van der Waals surface area contributed by atoms with Crippen LogP contribution < -0.4 is 0 Å². The van der Waals surface area contributed by atoms with E-state index in [4.69, 9.17) is 0 Å². The summed E-state index contributed by atoms with van der Waals surface area (Å²) in [7, 11) is 0. The quantitative estimate of drug-likeness (QED) is 0.536. The Labute approximate surface area is 56.8 Å². The Balaban J connectivity index is 2.93. The Morgan fingerprint density at radius 3 is 3.30 bits per heavy atom. The molecule has 2 rings (SSSR count). The second kappa shape index (κ2) is 1.80. The average Bonchev–Trinajstić information content (AvgIpc) is 2.34. The zero-order valence-corrected chi connectivity index (χ0v) is 5.08. The molecule has 0 saturated heterocycles. The summed E-state index contributed by atoms with van der Waals surface area (Å²) in [5, 5.41) is 4.19. The van der Waals surface area contributed by atoms with Gasteiger partial charge in [-0.05, 0) is 18.2 Å². The number of aromatic nitrogens is 2. The number of hydrogen-bond donors (Lipinski definition) is 0.